The summed E-state index contributed by atoms with van der Waals surface area (Å²) in [6, 6.07) is 24.6. The fraction of sp³-hybridized carbons (Fsp3) is 0.238. The first-order chi connectivity index (χ1) is 12.8. The van der Waals surface area contributed by atoms with Gasteiger partial charge in [0.1, 0.15) is 0 Å². The lowest BCUT2D eigenvalue weighted by Crippen LogP contribution is -2.15. The highest BCUT2D eigenvalue weighted by atomic mass is 32.2. The van der Waals surface area contributed by atoms with Gasteiger partial charge in [-0.15, -0.1) is 11.3 Å². The molecule has 0 aliphatic carbocycles. The molecule has 0 amide bonds. The summed E-state index contributed by atoms with van der Waals surface area (Å²) in [4.78, 5) is 3.84. The van der Waals surface area contributed by atoms with Gasteiger partial charge in [-0.2, -0.15) is 0 Å². The van der Waals surface area contributed by atoms with Gasteiger partial charge in [-0.05, 0) is 60.7 Å². The van der Waals surface area contributed by atoms with Crippen molar-refractivity contribution in [3.63, 3.8) is 0 Å². The summed E-state index contributed by atoms with van der Waals surface area (Å²) in [5.41, 5.74) is 7.15. The Bertz CT molecular complexity index is 847. The topological polar surface area (TPSA) is 29.3 Å². The van der Waals surface area contributed by atoms with E-state index in [4.69, 9.17) is 5.73 Å². The average molecular weight is 399 g/mol. The summed E-state index contributed by atoms with van der Waals surface area (Å²) < 4.78 is 3.84. The highest BCUT2D eigenvalue weighted by Gasteiger charge is 2.26. The molecule has 1 aliphatic rings. The molecule has 1 atom stereocenters. The second-order valence-corrected chi connectivity index (χ2v) is 9.97. The molecular weight excluding hydrogens is 376 g/mol. The van der Waals surface area contributed by atoms with Gasteiger partial charge in [-0.1, -0.05) is 48.2 Å². The monoisotopic (exact) mass is 398 g/mol. The summed E-state index contributed by atoms with van der Waals surface area (Å²) in [6.45, 7) is 1.77. The van der Waals surface area contributed by atoms with E-state index >= 15 is 0 Å². The van der Waals surface area contributed by atoms with Gasteiger partial charge in [0.05, 0.1) is 4.21 Å². The van der Waals surface area contributed by atoms with Crippen molar-refractivity contribution in [2.75, 3.05) is 6.54 Å². The molecule has 1 fully saturated rings. The van der Waals surface area contributed by atoms with Gasteiger partial charge < -0.3 is 5.73 Å². The van der Waals surface area contributed by atoms with E-state index in [-0.39, 0.29) is 0 Å². The Hall–Kier alpha value is -1.24. The first-order valence-corrected chi connectivity index (χ1v) is 11.3. The molecule has 2 heterocycles. The second-order valence-electron chi connectivity index (χ2n) is 6.30. The summed E-state index contributed by atoms with van der Waals surface area (Å²) in [6.07, 6.45) is 2.50. The number of thiophene rings is 1. The highest BCUT2D eigenvalue weighted by molar-refractivity contribution is 8.01. The van der Waals surface area contributed by atoms with Crippen LogP contribution < -0.4 is 5.73 Å². The molecule has 1 aliphatic heterocycles. The molecule has 2 aromatic carbocycles. The van der Waals surface area contributed by atoms with E-state index in [1.807, 2.05) is 23.7 Å². The van der Waals surface area contributed by atoms with Crippen LogP contribution in [-0.2, 0) is 6.54 Å². The second kappa shape index (κ2) is 8.63. The maximum absolute atomic E-state index is 5.73. The highest BCUT2D eigenvalue weighted by Crippen LogP contribution is 2.41. The van der Waals surface area contributed by atoms with Crippen LogP contribution in [0.1, 0.15) is 29.3 Å². The smallest absolute Gasteiger partial charge is 0.0649 e. The summed E-state index contributed by atoms with van der Waals surface area (Å²) in [5.74, 6) is 0. The number of benzene rings is 2. The van der Waals surface area contributed by atoms with Crippen molar-refractivity contribution >= 4 is 35.0 Å². The van der Waals surface area contributed by atoms with E-state index < -0.39 is 0 Å². The summed E-state index contributed by atoms with van der Waals surface area (Å²) in [5, 5.41) is 0. The van der Waals surface area contributed by atoms with Crippen molar-refractivity contribution in [3.05, 3.63) is 77.2 Å². The molecule has 3 aromatic rings. The van der Waals surface area contributed by atoms with Gasteiger partial charge in [0.25, 0.3) is 0 Å². The van der Waals surface area contributed by atoms with E-state index in [2.05, 4.69) is 71.0 Å². The predicted molar refractivity (Wildman–Crippen MR) is 114 cm³/mol. The van der Waals surface area contributed by atoms with Gasteiger partial charge >= 0.3 is 0 Å². The maximum atomic E-state index is 5.73. The third-order valence-electron chi connectivity index (χ3n) is 4.47. The number of rotatable bonds is 6. The molecule has 1 unspecified atom stereocenters. The Morgan fingerprint density at radius 2 is 1.85 bits per heavy atom. The van der Waals surface area contributed by atoms with Crippen LogP contribution in [0.2, 0.25) is 0 Å². The lowest BCUT2D eigenvalue weighted by molar-refractivity contribution is 0.452. The van der Waals surface area contributed by atoms with Crippen LogP contribution in [0.5, 0.6) is 0 Å². The standard InChI is InChI=1S/C21H22N2S3/c22-15-19-11-12-21(25-19)24-17-8-4-9-18(14-17)26-23-13-5-10-20(23)16-6-2-1-3-7-16/h1-4,6-9,11-12,14,20H,5,10,13,15,22H2. The van der Waals surface area contributed by atoms with Crippen LogP contribution in [0.3, 0.4) is 0 Å². The van der Waals surface area contributed by atoms with Gasteiger partial charge in [-0.25, -0.2) is 4.31 Å². The number of nitrogens with zero attached hydrogens (tertiary/aromatic N) is 1. The first-order valence-electron chi connectivity index (χ1n) is 8.88. The molecule has 134 valence electrons. The van der Waals surface area contributed by atoms with Crippen molar-refractivity contribution in [3.8, 4) is 0 Å². The number of hydrogen-bond donors (Lipinski definition) is 1. The molecule has 4 rings (SSSR count). The van der Waals surface area contributed by atoms with Crippen LogP contribution >= 0.6 is 35.0 Å². The van der Waals surface area contributed by atoms with E-state index in [9.17, 15) is 0 Å². The zero-order valence-electron chi connectivity index (χ0n) is 14.5. The van der Waals surface area contributed by atoms with Crippen LogP contribution in [0.25, 0.3) is 0 Å². The minimum absolute atomic E-state index is 0.516. The van der Waals surface area contributed by atoms with E-state index in [0.29, 0.717) is 12.6 Å². The number of nitrogens with two attached hydrogens (primary N) is 1. The average Bonchev–Trinajstić information content (AvgIpc) is 3.32. The van der Waals surface area contributed by atoms with E-state index in [0.717, 1.165) is 6.54 Å². The van der Waals surface area contributed by atoms with Gasteiger partial charge in [-0.3, -0.25) is 0 Å². The largest absolute Gasteiger partial charge is 0.326 e. The lowest BCUT2D eigenvalue weighted by atomic mass is 10.1. The molecular formula is C21H22N2S3. The minimum Gasteiger partial charge on any atom is -0.326 e. The Morgan fingerprint density at radius 3 is 2.65 bits per heavy atom. The van der Waals surface area contributed by atoms with Crippen molar-refractivity contribution in [2.24, 2.45) is 5.73 Å². The van der Waals surface area contributed by atoms with Crippen molar-refractivity contribution < 1.29 is 0 Å². The van der Waals surface area contributed by atoms with Gasteiger partial charge in [0.15, 0.2) is 0 Å². The summed E-state index contributed by atoms with van der Waals surface area (Å²) in [7, 11) is 0. The predicted octanol–water partition coefficient (Wildman–Crippen LogP) is 6.20. The summed E-state index contributed by atoms with van der Waals surface area (Å²) >= 11 is 5.50. The van der Waals surface area contributed by atoms with Gasteiger partial charge in [0, 0.05) is 33.8 Å². The lowest BCUT2D eigenvalue weighted by Gasteiger charge is -2.23. The maximum Gasteiger partial charge on any atom is 0.0649 e. The van der Waals surface area contributed by atoms with Crippen LogP contribution in [0.15, 0.2) is 80.7 Å². The Balaban J connectivity index is 1.46. The molecule has 0 bridgehead atoms. The Labute approximate surface area is 167 Å². The molecule has 2 N–H and O–H groups in total. The third-order valence-corrected chi connectivity index (χ3v) is 7.84. The van der Waals surface area contributed by atoms with Crippen LogP contribution in [0.4, 0.5) is 0 Å². The third kappa shape index (κ3) is 4.35. The minimum atomic E-state index is 0.516. The Kier molecular flexibility index (Phi) is 6.02. The molecule has 1 aromatic heterocycles. The molecule has 0 saturated carbocycles. The fourth-order valence-corrected chi connectivity index (χ4v) is 6.56. The molecule has 5 heteroatoms. The SMILES string of the molecule is NCc1ccc(Sc2cccc(SN3CCCC3c3ccccc3)c2)s1. The van der Waals surface area contributed by atoms with Crippen LogP contribution in [0, 0.1) is 0 Å². The van der Waals surface area contributed by atoms with E-state index in [1.54, 1.807) is 11.3 Å². The quantitative estimate of drug-likeness (QED) is 0.500. The normalized spacial score (nSPS) is 17.7. The van der Waals surface area contributed by atoms with Crippen LogP contribution in [-0.4, -0.2) is 10.8 Å². The zero-order valence-corrected chi connectivity index (χ0v) is 17.0. The van der Waals surface area contributed by atoms with Gasteiger partial charge in [0.2, 0.25) is 0 Å². The first kappa shape index (κ1) is 18.1. The Morgan fingerprint density at radius 1 is 1.00 bits per heavy atom. The molecule has 1 saturated heterocycles. The molecule has 26 heavy (non-hydrogen) atoms. The molecule has 0 radical (unpaired) electrons. The number of hydrogen-bond acceptors (Lipinski definition) is 5. The van der Waals surface area contributed by atoms with Crippen molar-refractivity contribution in [1.29, 1.82) is 0 Å². The van der Waals surface area contributed by atoms with E-state index in [1.165, 1.54) is 37.3 Å². The van der Waals surface area contributed by atoms with Crippen molar-refractivity contribution in [1.82, 2.24) is 4.31 Å². The molecule has 2 nitrogen and oxygen atoms in total. The zero-order chi connectivity index (χ0) is 17.8. The fourth-order valence-electron chi connectivity index (χ4n) is 3.23. The molecule has 0 spiro atoms. The van der Waals surface area contributed by atoms with Crippen molar-refractivity contribution in [2.45, 2.75) is 39.4 Å².